The summed E-state index contributed by atoms with van der Waals surface area (Å²) in [5.74, 6) is 0. The van der Waals surface area contributed by atoms with Crippen molar-refractivity contribution in [1.82, 2.24) is 9.97 Å². The maximum absolute atomic E-state index is 8.72. The van der Waals surface area contributed by atoms with Gasteiger partial charge in [0, 0.05) is 22.5 Å². The van der Waals surface area contributed by atoms with Gasteiger partial charge in [-0.15, -0.1) is 0 Å². The molecule has 0 atom stereocenters. The highest BCUT2D eigenvalue weighted by molar-refractivity contribution is 7.99. The quantitative estimate of drug-likeness (QED) is 0.674. The predicted molar refractivity (Wildman–Crippen MR) is 71.1 cm³/mol. The van der Waals surface area contributed by atoms with Crippen molar-refractivity contribution in [3.8, 4) is 6.07 Å². The highest BCUT2D eigenvalue weighted by atomic mass is 32.2. The molecule has 5 heteroatoms. The van der Waals surface area contributed by atoms with Gasteiger partial charge in [-0.25, -0.2) is 9.97 Å². The van der Waals surface area contributed by atoms with Crippen LogP contribution in [-0.2, 0) is 6.42 Å². The second kappa shape index (κ2) is 5.52. The van der Waals surface area contributed by atoms with E-state index in [4.69, 9.17) is 11.0 Å². The van der Waals surface area contributed by atoms with Crippen LogP contribution in [0.5, 0.6) is 0 Å². The summed E-state index contributed by atoms with van der Waals surface area (Å²) in [6, 6.07) is 9.59. The molecule has 0 amide bonds. The van der Waals surface area contributed by atoms with Gasteiger partial charge in [-0.2, -0.15) is 5.26 Å². The number of aromatic nitrogens is 2. The molecule has 0 aliphatic heterocycles. The summed E-state index contributed by atoms with van der Waals surface area (Å²) < 4.78 is 0. The molecule has 0 radical (unpaired) electrons. The topological polar surface area (TPSA) is 75.6 Å². The van der Waals surface area contributed by atoms with E-state index < -0.39 is 0 Å². The average molecular weight is 256 g/mol. The minimum absolute atomic E-state index is 0.314. The molecule has 2 N–H and O–H groups in total. The number of nitrogens with two attached hydrogens (primary N) is 1. The number of nitriles is 1. The number of aryl methyl sites for hydroxylation is 1. The molecule has 18 heavy (non-hydrogen) atoms. The molecule has 1 aromatic carbocycles. The molecule has 0 aliphatic carbocycles. The normalized spacial score (nSPS) is 10.0. The Morgan fingerprint density at radius 1 is 1.39 bits per heavy atom. The summed E-state index contributed by atoms with van der Waals surface area (Å²) in [7, 11) is 0. The van der Waals surface area contributed by atoms with Gasteiger partial charge in [-0.3, -0.25) is 0 Å². The maximum atomic E-state index is 8.72. The van der Waals surface area contributed by atoms with Gasteiger partial charge in [-0.05, 0) is 48.5 Å². The lowest BCUT2D eigenvalue weighted by Crippen LogP contribution is -1.94. The molecule has 0 spiro atoms. The predicted octanol–water partition coefficient (Wildman–Crippen LogP) is 2.58. The highest BCUT2D eigenvalue weighted by Gasteiger charge is 2.04. The third-order valence-corrected chi connectivity index (χ3v) is 3.23. The molecule has 2 rings (SSSR count). The molecule has 4 nitrogen and oxygen atoms in total. The average Bonchev–Trinajstić information content (AvgIpc) is 2.34. The molecule has 1 aromatic heterocycles. The summed E-state index contributed by atoms with van der Waals surface area (Å²) in [4.78, 5) is 9.50. The molecule has 0 unspecified atom stereocenters. The lowest BCUT2D eigenvalue weighted by Gasteiger charge is -2.05. The molecule has 2 aromatic rings. The number of hydrogen-bond acceptors (Lipinski definition) is 5. The largest absolute Gasteiger partial charge is 0.398 e. The van der Waals surface area contributed by atoms with Gasteiger partial charge in [0.25, 0.3) is 0 Å². The molecular weight excluding hydrogens is 244 g/mol. The second-order valence-corrected chi connectivity index (χ2v) is 4.82. The summed E-state index contributed by atoms with van der Waals surface area (Å²) >= 11 is 1.46. The van der Waals surface area contributed by atoms with E-state index in [0.717, 1.165) is 16.2 Å². The van der Waals surface area contributed by atoms with Crippen LogP contribution in [-0.4, -0.2) is 9.97 Å². The first-order chi connectivity index (χ1) is 8.69. The summed E-state index contributed by atoms with van der Waals surface area (Å²) in [5, 5.41) is 9.42. The van der Waals surface area contributed by atoms with Crippen molar-refractivity contribution < 1.29 is 0 Å². The van der Waals surface area contributed by atoms with Crippen LogP contribution in [0.4, 0.5) is 5.69 Å². The van der Waals surface area contributed by atoms with Crippen LogP contribution in [0.2, 0.25) is 0 Å². The van der Waals surface area contributed by atoms with Crippen LogP contribution in [0, 0.1) is 18.3 Å². The Balaban J connectivity index is 2.24. The van der Waals surface area contributed by atoms with Crippen molar-refractivity contribution in [3.05, 3.63) is 41.7 Å². The van der Waals surface area contributed by atoms with Crippen molar-refractivity contribution in [3.63, 3.8) is 0 Å². The Hall–Kier alpha value is -2.06. The Bertz CT molecular complexity index is 604. The van der Waals surface area contributed by atoms with Crippen LogP contribution in [0.15, 0.2) is 40.5 Å². The summed E-state index contributed by atoms with van der Waals surface area (Å²) in [6.45, 7) is 1.93. The zero-order valence-corrected chi connectivity index (χ0v) is 10.7. The van der Waals surface area contributed by atoms with E-state index in [9.17, 15) is 0 Å². The first-order valence-corrected chi connectivity index (χ1v) is 6.23. The van der Waals surface area contributed by atoms with E-state index >= 15 is 0 Å². The number of nitrogen functional groups attached to an aromatic ring is 1. The van der Waals surface area contributed by atoms with Crippen molar-refractivity contribution >= 4 is 17.4 Å². The molecule has 0 fully saturated rings. The lowest BCUT2D eigenvalue weighted by atomic mass is 10.1. The fraction of sp³-hybridized carbons (Fsp3) is 0.154. The lowest BCUT2D eigenvalue weighted by molar-refractivity contribution is 0.932. The zero-order valence-electron chi connectivity index (χ0n) is 9.92. The molecule has 0 bridgehead atoms. The van der Waals surface area contributed by atoms with Gasteiger partial charge in [-0.1, -0.05) is 0 Å². The van der Waals surface area contributed by atoms with Crippen LogP contribution < -0.4 is 5.73 Å². The molecule has 1 heterocycles. The molecule has 0 aliphatic rings. The molecule has 0 saturated heterocycles. The minimum Gasteiger partial charge on any atom is -0.398 e. The van der Waals surface area contributed by atoms with Crippen LogP contribution in [0.3, 0.4) is 0 Å². The maximum Gasteiger partial charge on any atom is 0.192 e. The molecular formula is C13H12N4S. The number of anilines is 1. The Labute approximate surface area is 110 Å². The molecule has 90 valence electrons. The fourth-order valence-electron chi connectivity index (χ4n) is 1.46. The van der Waals surface area contributed by atoms with Gasteiger partial charge in [0.2, 0.25) is 0 Å². The van der Waals surface area contributed by atoms with Crippen LogP contribution in [0.25, 0.3) is 0 Å². The Morgan fingerprint density at radius 2 is 2.22 bits per heavy atom. The van der Waals surface area contributed by atoms with Crippen molar-refractivity contribution in [1.29, 1.82) is 5.26 Å². The summed E-state index contributed by atoms with van der Waals surface area (Å²) in [5.41, 5.74) is 8.22. The smallest absolute Gasteiger partial charge is 0.192 e. The minimum atomic E-state index is 0.314. The van der Waals surface area contributed by atoms with Crippen molar-refractivity contribution in [2.75, 3.05) is 5.73 Å². The van der Waals surface area contributed by atoms with Gasteiger partial charge >= 0.3 is 0 Å². The number of benzene rings is 1. The summed E-state index contributed by atoms with van der Waals surface area (Å²) in [6.07, 6.45) is 2.05. The number of hydrogen-bond donors (Lipinski definition) is 1. The van der Waals surface area contributed by atoms with E-state index in [2.05, 4.69) is 16.0 Å². The SMILES string of the molecule is Cc1ccnc(Sc2ccc(N)c(CC#N)c2)n1. The first-order valence-electron chi connectivity index (χ1n) is 5.42. The van der Waals surface area contributed by atoms with E-state index in [0.29, 0.717) is 17.3 Å². The van der Waals surface area contributed by atoms with Gasteiger partial charge < -0.3 is 5.73 Å². The van der Waals surface area contributed by atoms with Gasteiger partial charge in [0.15, 0.2) is 5.16 Å². The zero-order chi connectivity index (χ0) is 13.0. The fourth-order valence-corrected chi connectivity index (χ4v) is 2.32. The first kappa shape index (κ1) is 12.4. The highest BCUT2D eigenvalue weighted by Crippen LogP contribution is 2.27. The van der Waals surface area contributed by atoms with Gasteiger partial charge in [0.05, 0.1) is 12.5 Å². The van der Waals surface area contributed by atoms with Crippen molar-refractivity contribution in [2.45, 2.75) is 23.4 Å². The van der Waals surface area contributed by atoms with Crippen LogP contribution >= 0.6 is 11.8 Å². The van der Waals surface area contributed by atoms with E-state index in [-0.39, 0.29) is 0 Å². The van der Waals surface area contributed by atoms with Crippen LogP contribution in [0.1, 0.15) is 11.3 Å². The third kappa shape index (κ3) is 2.99. The standard InChI is InChI=1S/C13H12N4S/c1-9-5-7-16-13(17-9)18-11-2-3-12(15)10(8-11)4-6-14/h2-3,5,7-8H,4,15H2,1H3. The second-order valence-electron chi connectivity index (χ2n) is 3.78. The monoisotopic (exact) mass is 256 g/mol. The number of rotatable bonds is 3. The van der Waals surface area contributed by atoms with E-state index in [1.807, 2.05) is 31.2 Å². The molecule has 0 saturated carbocycles. The Morgan fingerprint density at radius 3 is 2.94 bits per heavy atom. The van der Waals surface area contributed by atoms with E-state index in [1.54, 1.807) is 6.20 Å². The number of nitrogens with zero attached hydrogens (tertiary/aromatic N) is 3. The van der Waals surface area contributed by atoms with E-state index in [1.165, 1.54) is 11.8 Å². The Kier molecular flexibility index (Phi) is 3.80. The van der Waals surface area contributed by atoms with Crippen molar-refractivity contribution in [2.24, 2.45) is 0 Å². The third-order valence-electron chi connectivity index (χ3n) is 2.37. The van der Waals surface area contributed by atoms with Gasteiger partial charge in [0.1, 0.15) is 0 Å².